The molecular weight excluding hydrogens is 363 g/mol. The van der Waals surface area contributed by atoms with Crippen LogP contribution < -0.4 is 10.1 Å². The standard InChI is InChI=1S/C21H21FN2O2S/c1-14(2)15-7-9-17(10-8-15)26-13-20(25)24-21-23-12-18(27-21)11-16-5-3-4-6-19(16)22/h3-10,12,14H,11,13H2,1-2H3,(H,23,24,25). The summed E-state index contributed by atoms with van der Waals surface area (Å²) < 4.78 is 19.2. The summed E-state index contributed by atoms with van der Waals surface area (Å²) in [5, 5.41) is 3.19. The van der Waals surface area contributed by atoms with Crippen molar-refractivity contribution in [2.75, 3.05) is 11.9 Å². The Kier molecular flexibility index (Phi) is 6.19. The van der Waals surface area contributed by atoms with Crippen LogP contribution in [0.4, 0.5) is 9.52 Å². The van der Waals surface area contributed by atoms with E-state index < -0.39 is 0 Å². The number of ether oxygens (including phenoxy) is 1. The van der Waals surface area contributed by atoms with Crippen LogP contribution in [0.2, 0.25) is 0 Å². The maximum atomic E-state index is 13.7. The van der Waals surface area contributed by atoms with E-state index in [1.807, 2.05) is 24.3 Å². The quantitative estimate of drug-likeness (QED) is 0.623. The van der Waals surface area contributed by atoms with Gasteiger partial charge in [0.15, 0.2) is 11.7 Å². The van der Waals surface area contributed by atoms with Crippen molar-refractivity contribution in [3.05, 3.63) is 76.5 Å². The molecule has 1 aromatic heterocycles. The molecule has 0 aliphatic heterocycles. The maximum Gasteiger partial charge on any atom is 0.264 e. The fraction of sp³-hybridized carbons (Fsp3) is 0.238. The summed E-state index contributed by atoms with van der Waals surface area (Å²) in [4.78, 5) is 17.1. The van der Waals surface area contributed by atoms with Gasteiger partial charge in [-0.1, -0.05) is 44.2 Å². The molecule has 3 rings (SSSR count). The Bertz CT molecular complexity index is 907. The second-order valence-electron chi connectivity index (χ2n) is 6.46. The number of anilines is 1. The van der Waals surface area contributed by atoms with Gasteiger partial charge in [0.1, 0.15) is 11.6 Å². The van der Waals surface area contributed by atoms with Crippen LogP contribution in [0.25, 0.3) is 0 Å². The third-order valence-corrected chi connectivity index (χ3v) is 4.95. The third-order valence-electron chi connectivity index (χ3n) is 4.04. The molecule has 0 aliphatic carbocycles. The number of nitrogens with zero attached hydrogens (tertiary/aromatic N) is 1. The zero-order valence-corrected chi connectivity index (χ0v) is 16.1. The number of hydrogen-bond acceptors (Lipinski definition) is 4. The molecule has 0 saturated carbocycles. The van der Waals surface area contributed by atoms with Gasteiger partial charge in [-0.3, -0.25) is 10.1 Å². The predicted molar refractivity (Wildman–Crippen MR) is 106 cm³/mol. The molecule has 27 heavy (non-hydrogen) atoms. The normalized spacial score (nSPS) is 10.8. The van der Waals surface area contributed by atoms with Gasteiger partial charge in [-0.25, -0.2) is 9.37 Å². The van der Waals surface area contributed by atoms with Crippen molar-refractivity contribution in [2.24, 2.45) is 0 Å². The number of rotatable bonds is 7. The van der Waals surface area contributed by atoms with Crippen LogP contribution in [0.3, 0.4) is 0 Å². The SMILES string of the molecule is CC(C)c1ccc(OCC(=O)Nc2ncc(Cc3ccccc3F)s2)cc1. The highest BCUT2D eigenvalue weighted by molar-refractivity contribution is 7.15. The molecule has 0 fully saturated rings. The fourth-order valence-corrected chi connectivity index (χ4v) is 3.38. The van der Waals surface area contributed by atoms with Crippen LogP contribution in [0.5, 0.6) is 5.75 Å². The summed E-state index contributed by atoms with van der Waals surface area (Å²) in [6, 6.07) is 14.3. The number of amides is 1. The van der Waals surface area contributed by atoms with E-state index in [-0.39, 0.29) is 18.3 Å². The van der Waals surface area contributed by atoms with Gasteiger partial charge < -0.3 is 4.74 Å². The number of carbonyl (C=O) groups is 1. The zero-order valence-electron chi connectivity index (χ0n) is 15.2. The van der Waals surface area contributed by atoms with Crippen LogP contribution in [0.15, 0.2) is 54.7 Å². The lowest BCUT2D eigenvalue weighted by Crippen LogP contribution is -2.19. The highest BCUT2D eigenvalue weighted by atomic mass is 32.1. The molecule has 0 bridgehead atoms. The summed E-state index contributed by atoms with van der Waals surface area (Å²) >= 11 is 1.33. The molecule has 4 nitrogen and oxygen atoms in total. The monoisotopic (exact) mass is 384 g/mol. The highest BCUT2D eigenvalue weighted by Crippen LogP contribution is 2.22. The molecule has 1 heterocycles. The zero-order chi connectivity index (χ0) is 19.2. The van der Waals surface area contributed by atoms with Crippen molar-refractivity contribution in [3.8, 4) is 5.75 Å². The second kappa shape index (κ2) is 8.77. The number of aromatic nitrogens is 1. The van der Waals surface area contributed by atoms with Crippen LogP contribution in [0, 0.1) is 5.82 Å². The Balaban J connectivity index is 1.51. The van der Waals surface area contributed by atoms with Gasteiger partial charge in [0, 0.05) is 17.5 Å². The first-order valence-corrected chi connectivity index (χ1v) is 9.53. The molecule has 0 unspecified atom stereocenters. The van der Waals surface area contributed by atoms with E-state index >= 15 is 0 Å². The van der Waals surface area contributed by atoms with E-state index in [1.165, 1.54) is 23.0 Å². The number of carbonyl (C=O) groups excluding carboxylic acids is 1. The number of benzene rings is 2. The molecule has 140 valence electrons. The molecule has 1 N–H and O–H groups in total. The van der Waals surface area contributed by atoms with E-state index in [0.29, 0.717) is 28.8 Å². The van der Waals surface area contributed by atoms with Gasteiger partial charge in [-0.05, 0) is 35.2 Å². The first-order chi connectivity index (χ1) is 13.0. The largest absolute Gasteiger partial charge is 0.484 e. The Morgan fingerprint density at radius 1 is 1.19 bits per heavy atom. The van der Waals surface area contributed by atoms with Crippen LogP contribution >= 0.6 is 11.3 Å². The van der Waals surface area contributed by atoms with E-state index in [4.69, 9.17) is 4.74 Å². The molecule has 3 aromatic rings. The van der Waals surface area contributed by atoms with E-state index in [0.717, 1.165) is 4.88 Å². The summed E-state index contributed by atoms with van der Waals surface area (Å²) in [6.45, 7) is 4.15. The van der Waals surface area contributed by atoms with Crippen molar-refractivity contribution in [1.82, 2.24) is 4.98 Å². The van der Waals surface area contributed by atoms with Gasteiger partial charge in [0.2, 0.25) is 0 Å². The van der Waals surface area contributed by atoms with E-state index in [2.05, 4.69) is 24.1 Å². The van der Waals surface area contributed by atoms with Crippen molar-refractivity contribution in [1.29, 1.82) is 0 Å². The molecule has 0 atom stereocenters. The molecule has 0 saturated heterocycles. The van der Waals surface area contributed by atoms with Gasteiger partial charge in [0.25, 0.3) is 5.91 Å². The van der Waals surface area contributed by atoms with Gasteiger partial charge in [-0.2, -0.15) is 0 Å². The lowest BCUT2D eigenvalue weighted by molar-refractivity contribution is -0.118. The molecular formula is C21H21FN2O2S. The molecule has 0 radical (unpaired) electrons. The molecule has 6 heteroatoms. The minimum Gasteiger partial charge on any atom is -0.484 e. The molecule has 0 spiro atoms. The molecule has 1 amide bonds. The summed E-state index contributed by atoms with van der Waals surface area (Å²) in [7, 11) is 0. The fourth-order valence-electron chi connectivity index (χ4n) is 2.53. The van der Waals surface area contributed by atoms with Crippen molar-refractivity contribution in [3.63, 3.8) is 0 Å². The lowest BCUT2D eigenvalue weighted by atomic mass is 10.0. The Morgan fingerprint density at radius 3 is 2.63 bits per heavy atom. The van der Waals surface area contributed by atoms with Gasteiger partial charge >= 0.3 is 0 Å². The lowest BCUT2D eigenvalue weighted by Gasteiger charge is -2.08. The maximum absolute atomic E-state index is 13.7. The third kappa shape index (κ3) is 5.37. The number of halogens is 1. The minimum atomic E-state index is -0.283. The second-order valence-corrected chi connectivity index (χ2v) is 7.58. The average Bonchev–Trinajstić information content (AvgIpc) is 3.09. The van der Waals surface area contributed by atoms with Crippen molar-refractivity contribution >= 4 is 22.4 Å². The van der Waals surface area contributed by atoms with Crippen molar-refractivity contribution in [2.45, 2.75) is 26.2 Å². The summed E-state index contributed by atoms with van der Waals surface area (Å²) in [6.07, 6.45) is 2.09. The number of nitrogens with one attached hydrogen (secondary N) is 1. The van der Waals surface area contributed by atoms with Crippen molar-refractivity contribution < 1.29 is 13.9 Å². The first-order valence-electron chi connectivity index (χ1n) is 8.72. The number of hydrogen-bond donors (Lipinski definition) is 1. The van der Waals surface area contributed by atoms with E-state index in [1.54, 1.807) is 24.4 Å². The molecule has 2 aromatic carbocycles. The van der Waals surface area contributed by atoms with Gasteiger partial charge in [0.05, 0.1) is 0 Å². The van der Waals surface area contributed by atoms with Gasteiger partial charge in [-0.15, -0.1) is 11.3 Å². The highest BCUT2D eigenvalue weighted by Gasteiger charge is 2.10. The predicted octanol–water partition coefficient (Wildman–Crippen LogP) is 5.01. The Labute approximate surface area is 162 Å². The van der Waals surface area contributed by atoms with Crippen LogP contribution in [-0.4, -0.2) is 17.5 Å². The van der Waals surface area contributed by atoms with E-state index in [9.17, 15) is 9.18 Å². The Morgan fingerprint density at radius 2 is 1.93 bits per heavy atom. The van der Waals surface area contributed by atoms with Crippen LogP contribution in [-0.2, 0) is 11.2 Å². The molecule has 0 aliphatic rings. The van der Waals surface area contributed by atoms with Crippen LogP contribution in [0.1, 0.15) is 35.8 Å². The first kappa shape index (κ1) is 19.0. The Hall–Kier alpha value is -2.73. The minimum absolute atomic E-state index is 0.0940. The summed E-state index contributed by atoms with van der Waals surface area (Å²) in [5.41, 5.74) is 1.82. The topological polar surface area (TPSA) is 51.2 Å². The average molecular weight is 384 g/mol. The smallest absolute Gasteiger partial charge is 0.264 e. The number of thiazole rings is 1. The summed E-state index contributed by atoms with van der Waals surface area (Å²) in [5.74, 6) is 0.572.